The molecule has 0 unspecified atom stereocenters. The van der Waals surface area contributed by atoms with Crippen molar-refractivity contribution in [3.63, 3.8) is 0 Å². The molecule has 10 aromatic rings. The highest BCUT2D eigenvalue weighted by molar-refractivity contribution is 6.12. The molecule has 0 amide bonds. The van der Waals surface area contributed by atoms with Gasteiger partial charge >= 0.3 is 0 Å². The summed E-state index contributed by atoms with van der Waals surface area (Å²) in [6.07, 6.45) is 0. The lowest BCUT2D eigenvalue weighted by atomic mass is 9.94. The van der Waals surface area contributed by atoms with E-state index in [-0.39, 0.29) is 0 Å². The van der Waals surface area contributed by atoms with Crippen molar-refractivity contribution in [2.24, 2.45) is 0 Å². The van der Waals surface area contributed by atoms with Gasteiger partial charge in [-0.25, -0.2) is 9.97 Å². The van der Waals surface area contributed by atoms with Crippen molar-refractivity contribution in [2.45, 2.75) is 0 Å². The van der Waals surface area contributed by atoms with Gasteiger partial charge in [0.1, 0.15) is 0 Å². The summed E-state index contributed by atoms with van der Waals surface area (Å²) < 4.78 is 0. The van der Waals surface area contributed by atoms with Crippen molar-refractivity contribution < 1.29 is 0 Å². The Morgan fingerprint density at radius 2 is 0.643 bits per heavy atom. The first-order valence-electron chi connectivity index (χ1n) is 19.1. The fourth-order valence-electron chi connectivity index (χ4n) is 7.75. The highest BCUT2D eigenvalue weighted by Gasteiger charge is 2.15. The summed E-state index contributed by atoms with van der Waals surface area (Å²) >= 11 is 0. The Balaban J connectivity index is 0.982. The molecule has 0 spiro atoms. The van der Waals surface area contributed by atoms with E-state index in [1.54, 1.807) is 0 Å². The third-order valence-electron chi connectivity index (χ3n) is 10.7. The molecule has 2 nitrogen and oxygen atoms in total. The molecule has 0 atom stereocenters. The molecule has 0 aliphatic rings. The number of aromatic nitrogens is 2. The average Bonchev–Trinajstić information content (AvgIpc) is 3.29. The van der Waals surface area contributed by atoms with Gasteiger partial charge in [0.25, 0.3) is 0 Å². The minimum absolute atomic E-state index is 0.716. The highest BCUT2D eigenvalue weighted by atomic mass is 14.9. The van der Waals surface area contributed by atoms with Crippen LogP contribution < -0.4 is 0 Å². The molecule has 0 bridgehead atoms. The van der Waals surface area contributed by atoms with E-state index in [0.29, 0.717) is 5.82 Å². The van der Waals surface area contributed by atoms with Crippen molar-refractivity contribution in [2.75, 3.05) is 0 Å². The van der Waals surface area contributed by atoms with E-state index in [9.17, 15) is 0 Å². The van der Waals surface area contributed by atoms with Crippen LogP contribution in [0.5, 0.6) is 0 Å². The highest BCUT2D eigenvalue weighted by Crippen LogP contribution is 2.37. The molecule has 0 radical (unpaired) electrons. The van der Waals surface area contributed by atoms with Crippen molar-refractivity contribution in [1.82, 2.24) is 9.97 Å². The number of nitrogens with zero attached hydrogens (tertiary/aromatic N) is 2. The second-order valence-corrected chi connectivity index (χ2v) is 14.2. The van der Waals surface area contributed by atoms with Gasteiger partial charge in [-0.1, -0.05) is 200 Å². The molecule has 0 aliphatic heterocycles. The number of hydrogen-bond acceptors (Lipinski definition) is 2. The van der Waals surface area contributed by atoms with Crippen LogP contribution in [0.4, 0.5) is 0 Å². The van der Waals surface area contributed by atoms with Crippen molar-refractivity contribution in [3.8, 4) is 78.3 Å². The number of benzene rings is 9. The molecule has 1 heterocycles. The van der Waals surface area contributed by atoms with Crippen molar-refractivity contribution in [3.05, 3.63) is 218 Å². The minimum atomic E-state index is 0.716. The summed E-state index contributed by atoms with van der Waals surface area (Å²) in [7, 11) is 0. The van der Waals surface area contributed by atoms with Gasteiger partial charge in [0.05, 0.1) is 11.2 Å². The molecular formula is C54H36N2. The lowest BCUT2D eigenvalue weighted by Crippen LogP contribution is -1.96. The lowest BCUT2D eigenvalue weighted by Gasteiger charge is -2.13. The van der Waals surface area contributed by atoms with Crippen LogP contribution in [0, 0.1) is 0 Å². The van der Waals surface area contributed by atoms with Gasteiger partial charge < -0.3 is 0 Å². The lowest BCUT2D eigenvalue weighted by molar-refractivity contribution is 1.23. The summed E-state index contributed by atoms with van der Waals surface area (Å²) in [5, 5.41) is 3.39. The number of fused-ring (bicyclic) bond motifs is 3. The number of rotatable bonds is 7. The second kappa shape index (κ2) is 14.4. The zero-order chi connectivity index (χ0) is 37.3. The third kappa shape index (κ3) is 6.44. The Kier molecular flexibility index (Phi) is 8.55. The first-order chi connectivity index (χ1) is 27.7. The van der Waals surface area contributed by atoms with Crippen LogP contribution in [-0.4, -0.2) is 9.97 Å². The second-order valence-electron chi connectivity index (χ2n) is 14.2. The summed E-state index contributed by atoms with van der Waals surface area (Å²) in [5.41, 5.74) is 15.8. The molecule has 0 N–H and O–H groups in total. The molecule has 56 heavy (non-hydrogen) atoms. The van der Waals surface area contributed by atoms with Gasteiger partial charge in [0, 0.05) is 16.5 Å². The van der Waals surface area contributed by atoms with E-state index in [1.807, 2.05) is 6.07 Å². The number of hydrogen-bond donors (Lipinski definition) is 0. The topological polar surface area (TPSA) is 25.8 Å². The standard InChI is InChI=1S/C54H36N2/c1-3-11-37(12-4-1)39-21-23-41(24-22-39)46-16-9-18-48(35-46)49-19-10-17-47(36-49)42-25-29-44(30-26-42)53-52-50-20-8-7-15-43(50)33-34-51(52)55-54(56-53)45-31-27-40(28-32-45)38-13-5-2-6-14-38/h1-36H. The maximum Gasteiger partial charge on any atom is 0.160 e. The van der Waals surface area contributed by atoms with Gasteiger partial charge in [-0.3, -0.25) is 0 Å². The van der Waals surface area contributed by atoms with Crippen LogP contribution in [0.1, 0.15) is 0 Å². The van der Waals surface area contributed by atoms with Crippen LogP contribution in [0.15, 0.2) is 218 Å². The summed E-state index contributed by atoms with van der Waals surface area (Å²) in [6, 6.07) is 77.7. The SMILES string of the molecule is c1ccc(-c2ccc(-c3cccc(-c4cccc(-c5ccc(-c6nc(-c7ccc(-c8ccccc8)cc7)nc7ccc8ccccc8c67)cc5)c4)c3)cc2)cc1. The Hall–Kier alpha value is -7.42. The zero-order valence-electron chi connectivity index (χ0n) is 30.7. The maximum absolute atomic E-state index is 5.29. The van der Waals surface area contributed by atoms with E-state index in [1.165, 1.54) is 55.5 Å². The largest absolute Gasteiger partial charge is 0.228 e. The van der Waals surface area contributed by atoms with Crippen LogP contribution in [0.25, 0.3) is 100.0 Å². The van der Waals surface area contributed by atoms with Gasteiger partial charge in [0.15, 0.2) is 5.82 Å². The van der Waals surface area contributed by atoms with E-state index < -0.39 is 0 Å². The molecule has 0 aliphatic carbocycles. The quantitative estimate of drug-likeness (QED) is 0.154. The maximum atomic E-state index is 5.29. The van der Waals surface area contributed by atoms with E-state index >= 15 is 0 Å². The van der Waals surface area contributed by atoms with Crippen LogP contribution in [-0.2, 0) is 0 Å². The fraction of sp³-hybridized carbons (Fsp3) is 0. The third-order valence-corrected chi connectivity index (χ3v) is 10.7. The van der Waals surface area contributed by atoms with Gasteiger partial charge in [0.2, 0.25) is 0 Å². The monoisotopic (exact) mass is 712 g/mol. The molecule has 2 heteroatoms. The molecule has 0 saturated heterocycles. The van der Waals surface area contributed by atoms with Crippen LogP contribution >= 0.6 is 0 Å². The molecule has 9 aromatic carbocycles. The molecule has 262 valence electrons. The fourth-order valence-corrected chi connectivity index (χ4v) is 7.75. The van der Waals surface area contributed by atoms with E-state index in [0.717, 1.165) is 38.7 Å². The first-order valence-corrected chi connectivity index (χ1v) is 19.1. The Morgan fingerprint density at radius 3 is 1.18 bits per heavy atom. The minimum Gasteiger partial charge on any atom is -0.228 e. The zero-order valence-corrected chi connectivity index (χ0v) is 30.7. The van der Waals surface area contributed by atoms with E-state index in [4.69, 9.17) is 9.97 Å². The predicted octanol–water partition coefficient (Wildman–Crippen LogP) is 14.5. The normalized spacial score (nSPS) is 11.2. The van der Waals surface area contributed by atoms with Gasteiger partial charge in [-0.15, -0.1) is 0 Å². The Bertz CT molecular complexity index is 2970. The molecule has 0 saturated carbocycles. The van der Waals surface area contributed by atoms with Crippen molar-refractivity contribution in [1.29, 1.82) is 0 Å². The molecule has 1 aromatic heterocycles. The van der Waals surface area contributed by atoms with Crippen LogP contribution in [0.2, 0.25) is 0 Å². The Labute approximate surface area is 327 Å². The average molecular weight is 713 g/mol. The van der Waals surface area contributed by atoms with Crippen molar-refractivity contribution >= 4 is 21.7 Å². The van der Waals surface area contributed by atoms with Crippen LogP contribution in [0.3, 0.4) is 0 Å². The summed E-state index contributed by atoms with van der Waals surface area (Å²) in [5.74, 6) is 0.716. The predicted molar refractivity (Wildman–Crippen MR) is 235 cm³/mol. The van der Waals surface area contributed by atoms with Gasteiger partial charge in [-0.2, -0.15) is 0 Å². The molecule has 0 fully saturated rings. The Morgan fingerprint density at radius 1 is 0.250 bits per heavy atom. The molecular weight excluding hydrogens is 677 g/mol. The summed E-state index contributed by atoms with van der Waals surface area (Å²) in [6.45, 7) is 0. The molecule has 10 rings (SSSR count). The summed E-state index contributed by atoms with van der Waals surface area (Å²) in [4.78, 5) is 10.4. The van der Waals surface area contributed by atoms with E-state index in [2.05, 4.69) is 212 Å². The smallest absolute Gasteiger partial charge is 0.160 e. The van der Waals surface area contributed by atoms with Gasteiger partial charge in [-0.05, 0) is 84.6 Å². The first kappa shape index (κ1) is 33.2.